The lowest BCUT2D eigenvalue weighted by Crippen LogP contribution is -2.39. The van der Waals surface area contributed by atoms with Crippen LogP contribution < -0.4 is 0 Å². The zero-order valence-electron chi connectivity index (χ0n) is 13.5. The van der Waals surface area contributed by atoms with Crippen LogP contribution in [-0.2, 0) is 10.0 Å². The molecule has 0 aromatic heterocycles. The van der Waals surface area contributed by atoms with Gasteiger partial charge < -0.3 is 5.11 Å². The average molecular weight is 311 g/mol. The summed E-state index contributed by atoms with van der Waals surface area (Å²) in [5.41, 5.74) is 3.67. The Morgan fingerprint density at radius 1 is 1.14 bits per heavy atom. The van der Waals surface area contributed by atoms with Crippen molar-refractivity contribution in [3.05, 3.63) is 28.3 Å². The van der Waals surface area contributed by atoms with Gasteiger partial charge in [-0.1, -0.05) is 6.07 Å². The highest BCUT2D eigenvalue weighted by Gasteiger charge is 2.33. The molecule has 0 heterocycles. The molecule has 1 saturated carbocycles. The summed E-state index contributed by atoms with van der Waals surface area (Å²) in [7, 11) is -1.85. The molecule has 1 aliphatic rings. The highest BCUT2D eigenvalue weighted by Crippen LogP contribution is 2.32. The third kappa shape index (κ3) is 3.00. The largest absolute Gasteiger partial charge is 0.393 e. The van der Waals surface area contributed by atoms with Crippen molar-refractivity contribution in [2.45, 2.75) is 51.5 Å². The molecule has 0 aliphatic heterocycles. The molecule has 5 heteroatoms. The molecule has 118 valence electrons. The average Bonchev–Trinajstić information content (AvgIpc) is 2.34. The van der Waals surface area contributed by atoms with Crippen LogP contribution >= 0.6 is 0 Å². The Labute approximate surface area is 127 Å². The van der Waals surface area contributed by atoms with Gasteiger partial charge in [0, 0.05) is 13.6 Å². The lowest BCUT2D eigenvalue weighted by molar-refractivity contribution is 0.0367. The fraction of sp³-hybridized carbons (Fsp3) is 0.625. The van der Waals surface area contributed by atoms with Crippen LogP contribution in [0.15, 0.2) is 11.0 Å². The molecule has 0 unspecified atom stereocenters. The molecular formula is C16H25NO3S. The highest BCUT2D eigenvalue weighted by molar-refractivity contribution is 7.89. The molecule has 0 amide bonds. The lowest BCUT2D eigenvalue weighted by atomic mass is 9.82. The molecule has 0 atom stereocenters. The zero-order valence-corrected chi connectivity index (χ0v) is 14.3. The van der Waals surface area contributed by atoms with Crippen LogP contribution in [0.3, 0.4) is 0 Å². The number of hydrogen-bond donors (Lipinski definition) is 1. The molecule has 0 bridgehead atoms. The Morgan fingerprint density at radius 3 is 2.05 bits per heavy atom. The van der Waals surface area contributed by atoms with E-state index in [-0.39, 0.29) is 12.0 Å². The topological polar surface area (TPSA) is 57.6 Å². The standard InChI is InChI=1S/C16H25NO3S/c1-10-6-11(2)13(4)16(12(10)3)21(19,20)17(5)9-14-7-15(18)8-14/h6,14-15,18H,7-9H2,1-5H3. The van der Waals surface area contributed by atoms with E-state index in [1.165, 1.54) is 4.31 Å². The molecule has 0 spiro atoms. The van der Waals surface area contributed by atoms with Crippen LogP contribution in [0, 0.1) is 33.6 Å². The first-order chi connectivity index (χ1) is 9.64. The van der Waals surface area contributed by atoms with E-state index >= 15 is 0 Å². The van der Waals surface area contributed by atoms with Crippen LogP contribution in [-0.4, -0.2) is 37.5 Å². The molecule has 1 aromatic rings. The van der Waals surface area contributed by atoms with Gasteiger partial charge in [-0.2, -0.15) is 0 Å². The summed E-state index contributed by atoms with van der Waals surface area (Å²) in [4.78, 5) is 0.447. The normalized spacial score (nSPS) is 22.4. The maximum atomic E-state index is 12.9. The second kappa shape index (κ2) is 5.71. The molecular weight excluding hydrogens is 286 g/mol. The Bertz CT molecular complexity index is 620. The highest BCUT2D eigenvalue weighted by atomic mass is 32.2. The second-order valence-corrected chi connectivity index (χ2v) is 8.35. The van der Waals surface area contributed by atoms with Crippen molar-refractivity contribution in [2.24, 2.45) is 5.92 Å². The minimum Gasteiger partial charge on any atom is -0.393 e. The first kappa shape index (κ1) is 16.5. The summed E-state index contributed by atoms with van der Waals surface area (Å²) < 4.78 is 27.2. The number of hydrogen-bond acceptors (Lipinski definition) is 3. The Kier molecular flexibility index (Phi) is 4.47. The fourth-order valence-electron chi connectivity index (χ4n) is 3.03. The minimum atomic E-state index is -3.48. The number of benzene rings is 1. The fourth-order valence-corrected chi connectivity index (χ4v) is 4.85. The van der Waals surface area contributed by atoms with Crippen LogP contribution in [0.2, 0.25) is 0 Å². The molecule has 1 fully saturated rings. The number of sulfonamides is 1. The van der Waals surface area contributed by atoms with Gasteiger partial charge in [-0.05, 0) is 68.7 Å². The van der Waals surface area contributed by atoms with Crippen molar-refractivity contribution < 1.29 is 13.5 Å². The predicted octanol–water partition coefficient (Wildman–Crippen LogP) is 2.31. The van der Waals surface area contributed by atoms with Gasteiger partial charge in [-0.15, -0.1) is 0 Å². The van der Waals surface area contributed by atoms with E-state index in [4.69, 9.17) is 0 Å². The van der Waals surface area contributed by atoms with Gasteiger partial charge in [0.25, 0.3) is 0 Å². The summed E-state index contributed by atoms with van der Waals surface area (Å²) in [6, 6.07) is 2.03. The Balaban J connectivity index is 2.35. The molecule has 4 nitrogen and oxygen atoms in total. The third-order valence-corrected chi connectivity index (χ3v) is 6.79. The van der Waals surface area contributed by atoms with E-state index in [0.29, 0.717) is 24.3 Å². The quantitative estimate of drug-likeness (QED) is 0.928. The Morgan fingerprint density at radius 2 is 1.62 bits per heavy atom. The SMILES string of the molecule is Cc1cc(C)c(C)c(S(=O)(=O)N(C)CC2CC(O)C2)c1C. The minimum absolute atomic E-state index is 0.254. The van der Waals surface area contributed by atoms with Gasteiger partial charge in [0.15, 0.2) is 0 Å². The van der Waals surface area contributed by atoms with Gasteiger partial charge in [-0.25, -0.2) is 12.7 Å². The van der Waals surface area contributed by atoms with E-state index in [9.17, 15) is 13.5 Å². The van der Waals surface area contributed by atoms with E-state index in [1.807, 2.05) is 33.8 Å². The van der Waals surface area contributed by atoms with E-state index in [1.54, 1.807) is 7.05 Å². The van der Waals surface area contributed by atoms with E-state index in [0.717, 1.165) is 22.3 Å². The molecule has 2 rings (SSSR count). The van der Waals surface area contributed by atoms with Crippen molar-refractivity contribution in [3.8, 4) is 0 Å². The molecule has 1 aromatic carbocycles. The summed E-state index contributed by atoms with van der Waals surface area (Å²) in [5.74, 6) is 0.270. The van der Waals surface area contributed by atoms with Crippen molar-refractivity contribution in [2.75, 3.05) is 13.6 Å². The molecule has 0 saturated heterocycles. The van der Waals surface area contributed by atoms with Gasteiger partial charge in [-0.3, -0.25) is 0 Å². The second-order valence-electron chi connectivity index (χ2n) is 6.37. The first-order valence-corrected chi connectivity index (χ1v) is 8.80. The lowest BCUT2D eigenvalue weighted by Gasteiger charge is -2.34. The van der Waals surface area contributed by atoms with Crippen molar-refractivity contribution >= 4 is 10.0 Å². The van der Waals surface area contributed by atoms with Gasteiger partial charge in [0.05, 0.1) is 11.0 Å². The summed E-state index contributed by atoms with van der Waals surface area (Å²) in [6.07, 6.45) is 1.14. The molecule has 1 N–H and O–H groups in total. The van der Waals surface area contributed by atoms with E-state index in [2.05, 4.69) is 0 Å². The number of nitrogens with zero attached hydrogens (tertiary/aromatic N) is 1. The third-order valence-electron chi connectivity index (χ3n) is 4.69. The summed E-state index contributed by atoms with van der Waals surface area (Å²) >= 11 is 0. The van der Waals surface area contributed by atoms with Crippen LogP contribution in [0.25, 0.3) is 0 Å². The van der Waals surface area contributed by atoms with Crippen molar-refractivity contribution in [1.82, 2.24) is 4.31 Å². The first-order valence-electron chi connectivity index (χ1n) is 7.36. The zero-order chi connectivity index (χ0) is 15.9. The smallest absolute Gasteiger partial charge is 0.243 e. The number of aliphatic hydroxyl groups excluding tert-OH is 1. The molecule has 1 aliphatic carbocycles. The molecule has 21 heavy (non-hydrogen) atoms. The predicted molar refractivity (Wildman–Crippen MR) is 83.9 cm³/mol. The maximum absolute atomic E-state index is 12.9. The van der Waals surface area contributed by atoms with E-state index < -0.39 is 10.0 Å². The monoisotopic (exact) mass is 311 g/mol. The van der Waals surface area contributed by atoms with Crippen LogP contribution in [0.4, 0.5) is 0 Å². The van der Waals surface area contributed by atoms with Gasteiger partial charge in [0.1, 0.15) is 0 Å². The number of rotatable bonds is 4. The maximum Gasteiger partial charge on any atom is 0.243 e. The van der Waals surface area contributed by atoms with Crippen molar-refractivity contribution in [1.29, 1.82) is 0 Å². The number of aliphatic hydroxyl groups is 1. The van der Waals surface area contributed by atoms with Crippen LogP contribution in [0.5, 0.6) is 0 Å². The summed E-state index contributed by atoms with van der Waals surface area (Å²) in [6.45, 7) is 8.11. The number of aryl methyl sites for hydroxylation is 2. The van der Waals surface area contributed by atoms with Crippen molar-refractivity contribution in [3.63, 3.8) is 0 Å². The van der Waals surface area contributed by atoms with Crippen LogP contribution in [0.1, 0.15) is 35.1 Å². The van der Waals surface area contributed by atoms with Gasteiger partial charge >= 0.3 is 0 Å². The summed E-state index contributed by atoms with van der Waals surface area (Å²) in [5, 5.41) is 9.34. The molecule has 0 radical (unpaired) electrons. The Hall–Kier alpha value is -0.910. The van der Waals surface area contributed by atoms with Gasteiger partial charge in [0.2, 0.25) is 10.0 Å².